The summed E-state index contributed by atoms with van der Waals surface area (Å²) in [6, 6.07) is 26.1. The third-order valence-electron chi connectivity index (χ3n) is 6.64. The van der Waals surface area contributed by atoms with E-state index in [0.29, 0.717) is 40.2 Å². The summed E-state index contributed by atoms with van der Waals surface area (Å²) >= 11 is 4.52. The van der Waals surface area contributed by atoms with Crippen LogP contribution in [0.3, 0.4) is 0 Å². The maximum absolute atomic E-state index is 12.3. The molecule has 0 bridgehead atoms. The van der Waals surface area contributed by atoms with Gasteiger partial charge in [0.1, 0.15) is 17.1 Å². The SMILES string of the molecule is CCCNS(=O)(=O)c1ccc(/N=N/c2cc(O)c(/N=N/c3c(S)cc4cc(Nc5ccccc5)ccc4c3O)cc2C)cc1. The van der Waals surface area contributed by atoms with Crippen LogP contribution in [0.5, 0.6) is 11.5 Å². The molecule has 0 saturated carbocycles. The lowest BCUT2D eigenvalue weighted by atomic mass is 10.1. The molecule has 0 aromatic heterocycles. The quantitative estimate of drug-likeness (QED) is 0.0774. The Hall–Kier alpha value is -4.78. The largest absolute Gasteiger partial charge is 0.506 e. The molecule has 12 heteroatoms. The van der Waals surface area contributed by atoms with Crippen LogP contribution >= 0.6 is 12.6 Å². The van der Waals surface area contributed by atoms with Crippen LogP contribution in [0.2, 0.25) is 0 Å². The van der Waals surface area contributed by atoms with Gasteiger partial charge in [-0.1, -0.05) is 25.1 Å². The standard InChI is InChI=1S/C32H30N6O4S2/c1-3-15-33-44(41,42)25-12-9-23(10-13-25)35-36-27-19-29(39)28(16-20(27)2)37-38-31-30(43)18-21-17-24(11-14-26(21)32(31)40)34-22-7-5-4-6-8-22/h4-14,16-19,33-34,39-40,43H,3,15H2,1-2H3/b36-35+,38-37+. The Morgan fingerprint density at radius 1 is 0.795 bits per heavy atom. The number of sulfonamides is 1. The van der Waals surface area contributed by atoms with Gasteiger partial charge in [-0.3, -0.25) is 0 Å². The van der Waals surface area contributed by atoms with E-state index in [-0.39, 0.29) is 27.8 Å². The highest BCUT2D eigenvalue weighted by atomic mass is 32.2. The first-order chi connectivity index (χ1) is 21.1. The number of benzene rings is 5. The van der Waals surface area contributed by atoms with Crippen LogP contribution < -0.4 is 10.0 Å². The number of phenolic OH excluding ortho intramolecular Hbond substituents is 2. The number of rotatable bonds is 10. The molecule has 5 aromatic rings. The minimum atomic E-state index is -3.58. The van der Waals surface area contributed by atoms with Crippen molar-refractivity contribution in [2.24, 2.45) is 20.5 Å². The van der Waals surface area contributed by atoms with Gasteiger partial charge in [0.05, 0.1) is 16.3 Å². The molecule has 10 nitrogen and oxygen atoms in total. The van der Waals surface area contributed by atoms with Gasteiger partial charge in [0.15, 0.2) is 5.75 Å². The number of anilines is 2. The number of para-hydroxylation sites is 1. The second kappa shape index (κ2) is 13.2. The van der Waals surface area contributed by atoms with Crippen LogP contribution in [-0.4, -0.2) is 25.2 Å². The van der Waals surface area contributed by atoms with Crippen LogP contribution in [0.25, 0.3) is 10.8 Å². The summed E-state index contributed by atoms with van der Waals surface area (Å²) in [7, 11) is -3.58. The second-order valence-corrected chi connectivity index (χ2v) is 12.2. The van der Waals surface area contributed by atoms with Crippen LogP contribution in [0.15, 0.2) is 121 Å². The molecule has 5 aromatic carbocycles. The molecule has 0 spiro atoms. The van der Waals surface area contributed by atoms with Gasteiger partial charge in [-0.2, -0.15) is 10.2 Å². The number of hydrogen-bond donors (Lipinski definition) is 5. The van der Waals surface area contributed by atoms with Gasteiger partial charge in [-0.05, 0) is 91.0 Å². The lowest BCUT2D eigenvalue weighted by Gasteiger charge is -2.11. The summed E-state index contributed by atoms with van der Waals surface area (Å²) in [5.41, 5.74) is 3.64. The van der Waals surface area contributed by atoms with Crippen molar-refractivity contribution in [3.8, 4) is 11.5 Å². The fraction of sp³-hybridized carbons (Fsp3) is 0.125. The number of nitrogens with one attached hydrogen (secondary N) is 2. The van der Waals surface area contributed by atoms with E-state index in [9.17, 15) is 18.6 Å². The highest BCUT2D eigenvalue weighted by molar-refractivity contribution is 7.89. The molecule has 0 heterocycles. The summed E-state index contributed by atoms with van der Waals surface area (Å²) in [6.45, 7) is 4.02. The molecule has 0 saturated heterocycles. The van der Waals surface area contributed by atoms with E-state index < -0.39 is 10.0 Å². The van der Waals surface area contributed by atoms with Gasteiger partial charge in [0, 0.05) is 34.3 Å². The monoisotopic (exact) mass is 626 g/mol. The second-order valence-electron chi connectivity index (χ2n) is 9.94. The van der Waals surface area contributed by atoms with Gasteiger partial charge < -0.3 is 15.5 Å². The number of nitrogens with zero attached hydrogens (tertiary/aromatic N) is 4. The smallest absolute Gasteiger partial charge is 0.240 e. The molecule has 0 fully saturated rings. The molecule has 0 atom stereocenters. The van der Waals surface area contributed by atoms with Gasteiger partial charge in [0.25, 0.3) is 0 Å². The van der Waals surface area contributed by atoms with Crippen molar-refractivity contribution in [2.75, 3.05) is 11.9 Å². The third-order valence-corrected chi connectivity index (χ3v) is 8.46. The number of aryl methyl sites for hydroxylation is 1. The van der Waals surface area contributed by atoms with Crippen molar-refractivity contribution < 1.29 is 18.6 Å². The van der Waals surface area contributed by atoms with Gasteiger partial charge in [-0.15, -0.1) is 22.9 Å². The predicted octanol–water partition coefficient (Wildman–Crippen LogP) is 9.11. The molecule has 0 aliphatic rings. The van der Waals surface area contributed by atoms with Crippen molar-refractivity contribution >= 4 is 67.5 Å². The molecule has 4 N–H and O–H groups in total. The van der Waals surface area contributed by atoms with Crippen LogP contribution in [0, 0.1) is 6.92 Å². The Labute approximate surface area is 260 Å². The highest BCUT2D eigenvalue weighted by Gasteiger charge is 2.14. The number of azo groups is 2. The maximum Gasteiger partial charge on any atom is 0.240 e. The van der Waals surface area contributed by atoms with Crippen LogP contribution in [-0.2, 0) is 10.0 Å². The highest BCUT2D eigenvalue weighted by Crippen LogP contribution is 2.43. The Bertz CT molecular complexity index is 1980. The van der Waals surface area contributed by atoms with E-state index in [1.165, 1.54) is 18.2 Å². The first-order valence-corrected chi connectivity index (χ1v) is 15.7. The van der Waals surface area contributed by atoms with E-state index in [2.05, 4.69) is 43.1 Å². The molecule has 0 radical (unpaired) electrons. The summed E-state index contributed by atoms with van der Waals surface area (Å²) < 4.78 is 27.1. The summed E-state index contributed by atoms with van der Waals surface area (Å²) in [5.74, 6) is -0.265. The van der Waals surface area contributed by atoms with Crippen molar-refractivity contribution in [1.29, 1.82) is 0 Å². The zero-order valence-electron chi connectivity index (χ0n) is 23.9. The normalized spacial score (nSPS) is 12.0. The topological polar surface area (TPSA) is 148 Å². The van der Waals surface area contributed by atoms with E-state index in [0.717, 1.165) is 16.8 Å². The number of thiol groups is 1. The maximum atomic E-state index is 12.3. The number of aromatic hydroxyl groups is 2. The first kappa shape index (κ1) is 30.7. The summed E-state index contributed by atoms with van der Waals surface area (Å²) in [6.07, 6.45) is 0.689. The average molecular weight is 627 g/mol. The van der Waals surface area contributed by atoms with Crippen LogP contribution in [0.4, 0.5) is 34.1 Å². The van der Waals surface area contributed by atoms with Crippen LogP contribution in [0.1, 0.15) is 18.9 Å². The van der Waals surface area contributed by atoms with Gasteiger partial charge in [0.2, 0.25) is 10.0 Å². The van der Waals surface area contributed by atoms with Crippen molar-refractivity contribution in [2.45, 2.75) is 30.1 Å². The molecule has 0 aliphatic heterocycles. The summed E-state index contributed by atoms with van der Waals surface area (Å²) in [5, 5.41) is 43.0. The van der Waals surface area contributed by atoms with E-state index in [1.807, 2.05) is 49.4 Å². The molecule has 0 amide bonds. The molecule has 224 valence electrons. The van der Waals surface area contributed by atoms with Gasteiger partial charge >= 0.3 is 0 Å². The fourth-order valence-corrected chi connectivity index (χ4v) is 5.74. The van der Waals surface area contributed by atoms with Gasteiger partial charge in [-0.25, -0.2) is 13.1 Å². The van der Waals surface area contributed by atoms with E-state index >= 15 is 0 Å². The Morgan fingerprint density at radius 2 is 1.52 bits per heavy atom. The Kier molecular flexibility index (Phi) is 9.23. The average Bonchev–Trinajstić information content (AvgIpc) is 3.01. The summed E-state index contributed by atoms with van der Waals surface area (Å²) in [4.78, 5) is 0.553. The minimum absolute atomic E-state index is 0.0795. The molecular weight excluding hydrogens is 597 g/mol. The van der Waals surface area contributed by atoms with Crippen molar-refractivity contribution in [3.05, 3.63) is 96.6 Å². The van der Waals surface area contributed by atoms with Crippen molar-refractivity contribution in [1.82, 2.24) is 4.72 Å². The number of hydrogen-bond acceptors (Lipinski definition) is 10. The zero-order valence-corrected chi connectivity index (χ0v) is 25.6. The third kappa shape index (κ3) is 7.05. The molecule has 0 unspecified atom stereocenters. The molecule has 44 heavy (non-hydrogen) atoms. The molecule has 0 aliphatic carbocycles. The molecular formula is C32H30N6O4S2. The lowest BCUT2D eigenvalue weighted by Crippen LogP contribution is -2.24. The van der Waals surface area contributed by atoms with Crippen molar-refractivity contribution in [3.63, 3.8) is 0 Å². The number of phenols is 2. The Balaban J connectivity index is 1.34. The fourth-order valence-electron chi connectivity index (χ4n) is 4.31. The molecule has 5 rings (SSSR count). The van der Waals surface area contributed by atoms with E-state index in [1.54, 1.807) is 37.3 Å². The van der Waals surface area contributed by atoms with E-state index in [4.69, 9.17) is 0 Å². The Morgan fingerprint density at radius 3 is 2.25 bits per heavy atom. The first-order valence-electron chi connectivity index (χ1n) is 13.7. The lowest BCUT2D eigenvalue weighted by molar-refractivity contribution is 0.475. The predicted molar refractivity (Wildman–Crippen MR) is 176 cm³/mol. The zero-order chi connectivity index (χ0) is 31.3. The number of fused-ring (bicyclic) bond motifs is 1. The minimum Gasteiger partial charge on any atom is -0.506 e.